The van der Waals surface area contributed by atoms with Crippen molar-refractivity contribution < 1.29 is 0 Å². The van der Waals surface area contributed by atoms with Gasteiger partial charge in [0.15, 0.2) is 0 Å². The lowest BCUT2D eigenvalue weighted by Gasteiger charge is -2.27. The van der Waals surface area contributed by atoms with Gasteiger partial charge in [0.2, 0.25) is 0 Å². The summed E-state index contributed by atoms with van der Waals surface area (Å²) in [4.78, 5) is 0. The lowest BCUT2D eigenvalue weighted by Crippen LogP contribution is -2.27. The largest absolute Gasteiger partial charge is 0.310 e. The first-order valence-electron chi connectivity index (χ1n) is 7.63. The molecule has 2 aliphatic rings. The molecule has 0 bridgehead atoms. The van der Waals surface area contributed by atoms with E-state index in [1.165, 1.54) is 56.2 Å². The zero-order valence-electron chi connectivity index (χ0n) is 11.5. The van der Waals surface area contributed by atoms with Crippen LogP contribution >= 0.6 is 0 Å². The zero-order chi connectivity index (χ0) is 12.4. The number of hydrogen-bond acceptors (Lipinski definition) is 1. The third-order valence-corrected chi connectivity index (χ3v) is 4.67. The van der Waals surface area contributed by atoms with E-state index in [1.54, 1.807) is 0 Å². The average Bonchev–Trinajstić information content (AvgIpc) is 3.13. The second-order valence-corrected chi connectivity index (χ2v) is 6.27. The minimum Gasteiger partial charge on any atom is -0.310 e. The Balaban J connectivity index is 1.55. The summed E-state index contributed by atoms with van der Waals surface area (Å²) in [5, 5.41) is 3.82. The quantitative estimate of drug-likeness (QED) is 0.788. The van der Waals surface area contributed by atoms with Crippen molar-refractivity contribution in [3.63, 3.8) is 0 Å². The summed E-state index contributed by atoms with van der Waals surface area (Å²) in [7, 11) is 0. The van der Waals surface area contributed by atoms with Crippen LogP contribution in [0, 0.1) is 18.8 Å². The van der Waals surface area contributed by atoms with E-state index < -0.39 is 0 Å². The third kappa shape index (κ3) is 2.95. The fraction of sp³-hybridized carbons (Fsp3) is 0.647. The van der Waals surface area contributed by atoms with E-state index in [1.807, 2.05) is 0 Å². The van der Waals surface area contributed by atoms with Gasteiger partial charge in [-0.2, -0.15) is 0 Å². The number of aryl methyl sites for hydroxylation is 1. The van der Waals surface area contributed by atoms with Crippen LogP contribution in [0.15, 0.2) is 24.3 Å². The monoisotopic (exact) mass is 243 g/mol. The van der Waals surface area contributed by atoms with E-state index in [0.717, 1.165) is 11.8 Å². The first-order chi connectivity index (χ1) is 8.83. The summed E-state index contributed by atoms with van der Waals surface area (Å²) < 4.78 is 0. The summed E-state index contributed by atoms with van der Waals surface area (Å²) in [6.07, 6.45) is 8.62. The molecule has 1 aromatic rings. The Morgan fingerprint density at radius 1 is 1.11 bits per heavy atom. The standard InChI is InChI=1S/C17H25N/c1-13-5-7-15(8-6-13)17(16-9-10-16)18-12-11-14-3-2-4-14/h5-8,14,16-18H,2-4,9-12H2,1H3. The van der Waals surface area contributed by atoms with Gasteiger partial charge in [-0.1, -0.05) is 49.1 Å². The molecule has 1 unspecified atom stereocenters. The fourth-order valence-corrected chi connectivity index (χ4v) is 2.98. The molecule has 98 valence electrons. The van der Waals surface area contributed by atoms with Crippen LogP contribution in [0.25, 0.3) is 0 Å². The molecule has 3 rings (SSSR count). The molecule has 0 aliphatic heterocycles. The molecule has 0 radical (unpaired) electrons. The minimum atomic E-state index is 0.616. The fourth-order valence-electron chi connectivity index (χ4n) is 2.98. The molecular weight excluding hydrogens is 218 g/mol. The molecule has 0 heterocycles. The lowest BCUT2D eigenvalue weighted by molar-refractivity contribution is 0.285. The van der Waals surface area contributed by atoms with Gasteiger partial charge in [-0.3, -0.25) is 0 Å². The minimum absolute atomic E-state index is 0.616. The van der Waals surface area contributed by atoms with E-state index in [4.69, 9.17) is 0 Å². The van der Waals surface area contributed by atoms with Crippen LogP contribution in [-0.2, 0) is 0 Å². The Morgan fingerprint density at radius 2 is 1.83 bits per heavy atom. The Kier molecular flexibility index (Phi) is 3.69. The van der Waals surface area contributed by atoms with Gasteiger partial charge in [0, 0.05) is 6.04 Å². The summed E-state index contributed by atoms with van der Waals surface area (Å²) in [6, 6.07) is 9.74. The maximum atomic E-state index is 3.82. The first kappa shape index (κ1) is 12.2. The van der Waals surface area contributed by atoms with Crippen molar-refractivity contribution in [2.24, 2.45) is 11.8 Å². The highest BCUT2D eigenvalue weighted by molar-refractivity contribution is 5.25. The number of hydrogen-bond donors (Lipinski definition) is 1. The average molecular weight is 243 g/mol. The van der Waals surface area contributed by atoms with Crippen LogP contribution in [-0.4, -0.2) is 6.54 Å². The van der Waals surface area contributed by atoms with Gasteiger partial charge >= 0.3 is 0 Å². The molecule has 2 fully saturated rings. The molecule has 2 aliphatic carbocycles. The van der Waals surface area contributed by atoms with E-state index in [9.17, 15) is 0 Å². The van der Waals surface area contributed by atoms with E-state index in [0.29, 0.717) is 6.04 Å². The van der Waals surface area contributed by atoms with Crippen LogP contribution in [0.5, 0.6) is 0 Å². The molecular formula is C17H25N. The Morgan fingerprint density at radius 3 is 2.39 bits per heavy atom. The van der Waals surface area contributed by atoms with Crippen molar-refractivity contribution in [2.45, 2.75) is 51.5 Å². The number of nitrogens with one attached hydrogen (secondary N) is 1. The van der Waals surface area contributed by atoms with Crippen molar-refractivity contribution in [1.82, 2.24) is 5.32 Å². The summed E-state index contributed by atoms with van der Waals surface area (Å²) in [6.45, 7) is 3.37. The van der Waals surface area contributed by atoms with E-state index in [-0.39, 0.29) is 0 Å². The van der Waals surface area contributed by atoms with Gasteiger partial charge in [-0.15, -0.1) is 0 Å². The summed E-state index contributed by atoms with van der Waals surface area (Å²) in [5.41, 5.74) is 2.86. The SMILES string of the molecule is Cc1ccc(C(NCCC2CCC2)C2CC2)cc1. The molecule has 0 spiro atoms. The Bertz CT molecular complexity index is 373. The molecule has 0 saturated heterocycles. The van der Waals surface area contributed by atoms with Crippen molar-refractivity contribution in [2.75, 3.05) is 6.54 Å². The maximum absolute atomic E-state index is 3.82. The highest BCUT2D eigenvalue weighted by Crippen LogP contribution is 2.41. The normalized spacial score (nSPS) is 21.6. The van der Waals surface area contributed by atoms with Crippen LogP contribution < -0.4 is 5.32 Å². The van der Waals surface area contributed by atoms with Crippen LogP contribution in [0.2, 0.25) is 0 Å². The third-order valence-electron chi connectivity index (χ3n) is 4.67. The van der Waals surface area contributed by atoms with Gasteiger partial charge in [-0.05, 0) is 50.1 Å². The second kappa shape index (κ2) is 5.44. The maximum Gasteiger partial charge on any atom is 0.0348 e. The first-order valence-corrected chi connectivity index (χ1v) is 7.63. The summed E-state index contributed by atoms with van der Waals surface area (Å²) in [5.74, 6) is 1.92. The molecule has 1 heteroatoms. The smallest absolute Gasteiger partial charge is 0.0348 e. The predicted molar refractivity (Wildman–Crippen MR) is 76.6 cm³/mol. The van der Waals surface area contributed by atoms with Gasteiger partial charge in [0.1, 0.15) is 0 Å². The van der Waals surface area contributed by atoms with Gasteiger partial charge in [-0.25, -0.2) is 0 Å². The molecule has 1 N–H and O–H groups in total. The molecule has 18 heavy (non-hydrogen) atoms. The van der Waals surface area contributed by atoms with E-state index in [2.05, 4.69) is 36.5 Å². The Hall–Kier alpha value is -0.820. The van der Waals surface area contributed by atoms with Crippen molar-refractivity contribution >= 4 is 0 Å². The zero-order valence-corrected chi connectivity index (χ0v) is 11.5. The highest BCUT2D eigenvalue weighted by Gasteiger charge is 2.32. The second-order valence-electron chi connectivity index (χ2n) is 6.27. The van der Waals surface area contributed by atoms with Gasteiger partial charge in [0.05, 0.1) is 0 Å². The van der Waals surface area contributed by atoms with Gasteiger partial charge in [0.25, 0.3) is 0 Å². The molecule has 0 amide bonds. The van der Waals surface area contributed by atoms with Crippen molar-refractivity contribution in [3.8, 4) is 0 Å². The molecule has 2 saturated carbocycles. The molecule has 0 aromatic heterocycles. The number of benzene rings is 1. The highest BCUT2D eigenvalue weighted by atomic mass is 14.9. The van der Waals surface area contributed by atoms with Crippen LogP contribution in [0.3, 0.4) is 0 Å². The molecule has 1 nitrogen and oxygen atoms in total. The van der Waals surface area contributed by atoms with Gasteiger partial charge < -0.3 is 5.32 Å². The summed E-state index contributed by atoms with van der Waals surface area (Å²) >= 11 is 0. The lowest BCUT2D eigenvalue weighted by atomic mass is 9.83. The predicted octanol–water partition coefficient (Wildman–Crippen LogP) is 4.23. The van der Waals surface area contributed by atoms with Crippen LogP contribution in [0.1, 0.15) is 55.7 Å². The topological polar surface area (TPSA) is 12.0 Å². The number of rotatable bonds is 6. The van der Waals surface area contributed by atoms with Crippen LogP contribution in [0.4, 0.5) is 0 Å². The Labute approximate surface area is 111 Å². The molecule has 1 atom stereocenters. The van der Waals surface area contributed by atoms with Crippen molar-refractivity contribution in [1.29, 1.82) is 0 Å². The molecule has 1 aromatic carbocycles. The van der Waals surface area contributed by atoms with Crippen molar-refractivity contribution in [3.05, 3.63) is 35.4 Å². The van der Waals surface area contributed by atoms with E-state index >= 15 is 0 Å².